The summed E-state index contributed by atoms with van der Waals surface area (Å²) in [6, 6.07) is 7.24. The fourth-order valence-electron chi connectivity index (χ4n) is 1.75. The van der Waals surface area contributed by atoms with Gasteiger partial charge in [0.1, 0.15) is 5.75 Å². The van der Waals surface area contributed by atoms with Crippen molar-refractivity contribution in [3.63, 3.8) is 0 Å². The summed E-state index contributed by atoms with van der Waals surface area (Å²) in [6.07, 6.45) is 2.31. The third kappa shape index (κ3) is 2.55. The van der Waals surface area contributed by atoms with Gasteiger partial charge < -0.3 is 9.84 Å². The summed E-state index contributed by atoms with van der Waals surface area (Å²) < 4.78 is 6.47. The lowest BCUT2D eigenvalue weighted by atomic mass is 9.81. The molecular formula is C12H13BrO3. The second-order valence-corrected chi connectivity index (χ2v) is 4.94. The smallest absolute Gasteiger partial charge is 0.345 e. The molecule has 1 aliphatic carbocycles. The van der Waals surface area contributed by atoms with Crippen LogP contribution in [-0.4, -0.2) is 17.2 Å². The van der Waals surface area contributed by atoms with E-state index in [0.29, 0.717) is 5.75 Å². The van der Waals surface area contributed by atoms with Crippen molar-refractivity contribution in [2.24, 2.45) is 5.92 Å². The summed E-state index contributed by atoms with van der Waals surface area (Å²) in [6.45, 7) is 0. The van der Waals surface area contributed by atoms with Gasteiger partial charge in [0, 0.05) is 10.4 Å². The van der Waals surface area contributed by atoms with Crippen molar-refractivity contribution in [3.05, 3.63) is 28.7 Å². The summed E-state index contributed by atoms with van der Waals surface area (Å²) in [5.41, 5.74) is 0. The molecule has 0 bridgehead atoms. The number of carboxylic acids is 1. The van der Waals surface area contributed by atoms with Gasteiger partial charge in [0.15, 0.2) is 6.10 Å². The van der Waals surface area contributed by atoms with Crippen molar-refractivity contribution in [2.75, 3.05) is 0 Å². The average molecular weight is 285 g/mol. The Balaban J connectivity index is 2.04. The highest BCUT2D eigenvalue weighted by Crippen LogP contribution is 2.32. The molecule has 0 amide bonds. The molecular weight excluding hydrogens is 272 g/mol. The first kappa shape index (κ1) is 11.5. The van der Waals surface area contributed by atoms with Crippen LogP contribution in [0.15, 0.2) is 28.7 Å². The van der Waals surface area contributed by atoms with Crippen LogP contribution in [0, 0.1) is 5.92 Å². The number of rotatable bonds is 4. The van der Waals surface area contributed by atoms with Crippen molar-refractivity contribution < 1.29 is 14.6 Å². The van der Waals surface area contributed by atoms with E-state index < -0.39 is 12.1 Å². The number of halogens is 1. The van der Waals surface area contributed by atoms with Gasteiger partial charge in [-0.05, 0) is 37.1 Å². The quantitative estimate of drug-likeness (QED) is 0.924. The van der Waals surface area contributed by atoms with Gasteiger partial charge in [-0.25, -0.2) is 4.79 Å². The topological polar surface area (TPSA) is 46.5 Å². The molecule has 0 heterocycles. The van der Waals surface area contributed by atoms with Crippen molar-refractivity contribution in [3.8, 4) is 5.75 Å². The summed E-state index contributed by atoms with van der Waals surface area (Å²) >= 11 is 3.32. The number of hydrogen-bond acceptors (Lipinski definition) is 2. The Labute approximate surface area is 103 Å². The number of carbonyl (C=O) groups is 1. The molecule has 1 saturated carbocycles. The molecule has 1 aromatic carbocycles. The molecule has 0 spiro atoms. The van der Waals surface area contributed by atoms with Crippen LogP contribution in [0.25, 0.3) is 0 Å². The summed E-state index contributed by atoms with van der Waals surface area (Å²) in [4.78, 5) is 11.1. The lowest BCUT2D eigenvalue weighted by Gasteiger charge is -2.31. The Kier molecular flexibility index (Phi) is 3.49. The van der Waals surface area contributed by atoms with Gasteiger partial charge in [-0.1, -0.05) is 22.4 Å². The predicted octanol–water partition coefficient (Wildman–Crippen LogP) is 3.08. The Morgan fingerprint density at radius 3 is 2.44 bits per heavy atom. The van der Waals surface area contributed by atoms with Crippen LogP contribution in [0.1, 0.15) is 19.3 Å². The van der Waals surface area contributed by atoms with Crippen molar-refractivity contribution in [2.45, 2.75) is 25.4 Å². The molecule has 2 rings (SSSR count). The molecule has 1 atom stereocenters. The average Bonchev–Trinajstić information content (AvgIpc) is 2.17. The summed E-state index contributed by atoms with van der Waals surface area (Å²) in [7, 11) is 0. The highest BCUT2D eigenvalue weighted by molar-refractivity contribution is 9.10. The van der Waals surface area contributed by atoms with Gasteiger partial charge in [0.25, 0.3) is 0 Å². The summed E-state index contributed by atoms with van der Waals surface area (Å²) in [5, 5.41) is 9.09. The minimum atomic E-state index is -0.868. The fraction of sp³-hybridized carbons (Fsp3) is 0.417. The number of aliphatic carboxylic acids is 1. The first-order valence-electron chi connectivity index (χ1n) is 5.32. The van der Waals surface area contributed by atoms with E-state index in [1.54, 1.807) is 12.1 Å². The van der Waals surface area contributed by atoms with E-state index in [1.807, 2.05) is 12.1 Å². The third-order valence-corrected chi connectivity index (χ3v) is 3.43. The molecule has 0 aromatic heterocycles. The van der Waals surface area contributed by atoms with Gasteiger partial charge >= 0.3 is 5.97 Å². The normalized spacial score (nSPS) is 17.6. The first-order chi connectivity index (χ1) is 7.66. The zero-order valence-corrected chi connectivity index (χ0v) is 10.3. The Morgan fingerprint density at radius 2 is 2.00 bits per heavy atom. The highest BCUT2D eigenvalue weighted by Gasteiger charge is 2.34. The molecule has 0 saturated heterocycles. The Morgan fingerprint density at radius 1 is 1.38 bits per heavy atom. The molecule has 1 N–H and O–H groups in total. The van der Waals surface area contributed by atoms with Crippen molar-refractivity contribution >= 4 is 21.9 Å². The van der Waals surface area contributed by atoms with Gasteiger partial charge in [-0.2, -0.15) is 0 Å². The van der Waals surface area contributed by atoms with Crippen LogP contribution < -0.4 is 4.74 Å². The molecule has 16 heavy (non-hydrogen) atoms. The molecule has 4 heteroatoms. The number of carboxylic acid groups (broad SMARTS) is 1. The van der Waals surface area contributed by atoms with Crippen LogP contribution in [0.4, 0.5) is 0 Å². The predicted molar refractivity (Wildman–Crippen MR) is 63.5 cm³/mol. The molecule has 1 aromatic rings. The van der Waals surface area contributed by atoms with Crippen molar-refractivity contribution in [1.29, 1.82) is 0 Å². The van der Waals surface area contributed by atoms with Gasteiger partial charge in [0.2, 0.25) is 0 Å². The number of benzene rings is 1. The molecule has 1 fully saturated rings. The van der Waals surface area contributed by atoms with E-state index in [-0.39, 0.29) is 5.92 Å². The van der Waals surface area contributed by atoms with E-state index in [9.17, 15) is 4.79 Å². The molecule has 86 valence electrons. The standard InChI is InChI=1S/C12H13BrO3/c13-9-4-6-10(7-5-9)16-11(12(14)15)8-2-1-3-8/h4-8,11H,1-3H2,(H,14,15)/t11-/m0/s1. The third-order valence-electron chi connectivity index (χ3n) is 2.90. The maximum atomic E-state index is 11.1. The Bertz CT molecular complexity index is 370. The fourth-order valence-corrected chi connectivity index (χ4v) is 2.01. The lowest BCUT2D eigenvalue weighted by Crippen LogP contribution is -2.38. The molecule has 0 unspecified atom stereocenters. The van der Waals surface area contributed by atoms with Crippen LogP contribution in [0.5, 0.6) is 5.75 Å². The largest absolute Gasteiger partial charge is 0.478 e. The van der Waals surface area contributed by atoms with E-state index in [0.717, 1.165) is 23.7 Å². The minimum Gasteiger partial charge on any atom is -0.478 e. The first-order valence-corrected chi connectivity index (χ1v) is 6.11. The minimum absolute atomic E-state index is 0.168. The van der Waals surface area contributed by atoms with Gasteiger partial charge in [-0.15, -0.1) is 0 Å². The number of ether oxygens (including phenoxy) is 1. The number of hydrogen-bond donors (Lipinski definition) is 1. The van der Waals surface area contributed by atoms with E-state index >= 15 is 0 Å². The highest BCUT2D eigenvalue weighted by atomic mass is 79.9. The Hall–Kier alpha value is -1.03. The van der Waals surface area contributed by atoms with Gasteiger partial charge in [-0.3, -0.25) is 0 Å². The molecule has 3 nitrogen and oxygen atoms in total. The van der Waals surface area contributed by atoms with E-state index in [4.69, 9.17) is 9.84 Å². The SMILES string of the molecule is O=C(O)[C@@H](Oc1ccc(Br)cc1)C1CCC1. The molecule has 0 radical (unpaired) electrons. The maximum absolute atomic E-state index is 11.1. The summed E-state index contributed by atoms with van der Waals surface area (Å²) in [5.74, 6) is -0.0868. The van der Waals surface area contributed by atoms with Gasteiger partial charge in [0.05, 0.1) is 0 Å². The second kappa shape index (κ2) is 4.87. The zero-order valence-electron chi connectivity index (χ0n) is 8.73. The zero-order chi connectivity index (χ0) is 11.5. The van der Waals surface area contributed by atoms with Crippen LogP contribution in [0.3, 0.4) is 0 Å². The van der Waals surface area contributed by atoms with Crippen molar-refractivity contribution in [1.82, 2.24) is 0 Å². The van der Waals surface area contributed by atoms with E-state index in [2.05, 4.69) is 15.9 Å². The van der Waals surface area contributed by atoms with Crippen LogP contribution in [0.2, 0.25) is 0 Å². The van der Waals surface area contributed by atoms with Crippen LogP contribution >= 0.6 is 15.9 Å². The monoisotopic (exact) mass is 284 g/mol. The maximum Gasteiger partial charge on any atom is 0.345 e. The molecule has 1 aliphatic rings. The second-order valence-electron chi connectivity index (χ2n) is 4.02. The molecule has 0 aliphatic heterocycles. The van der Waals surface area contributed by atoms with Crippen LogP contribution in [-0.2, 0) is 4.79 Å². The van der Waals surface area contributed by atoms with E-state index in [1.165, 1.54) is 0 Å². The lowest BCUT2D eigenvalue weighted by molar-refractivity contribution is -0.149.